The van der Waals surface area contributed by atoms with Gasteiger partial charge < -0.3 is 4.74 Å². The Kier molecular flexibility index (Phi) is 5.07. The summed E-state index contributed by atoms with van der Waals surface area (Å²) in [5.74, 6) is -0.316. The summed E-state index contributed by atoms with van der Waals surface area (Å²) in [6.07, 6.45) is 4.35. The van der Waals surface area contributed by atoms with E-state index in [1.807, 2.05) is 61.5 Å². The number of pyridine rings is 1. The van der Waals surface area contributed by atoms with E-state index < -0.39 is 0 Å². The fourth-order valence-electron chi connectivity index (χ4n) is 1.84. The minimum absolute atomic E-state index is 0.188. The van der Waals surface area contributed by atoms with Crippen molar-refractivity contribution in [3.8, 4) is 0 Å². The van der Waals surface area contributed by atoms with Crippen molar-refractivity contribution in [1.82, 2.24) is 4.98 Å². The van der Waals surface area contributed by atoms with Crippen molar-refractivity contribution in [2.75, 3.05) is 0 Å². The summed E-state index contributed by atoms with van der Waals surface area (Å²) in [7, 11) is 0. The monoisotopic (exact) mass is 267 g/mol. The zero-order chi connectivity index (χ0) is 14.2. The van der Waals surface area contributed by atoms with Crippen LogP contribution in [0.15, 0.2) is 60.8 Å². The Morgan fingerprint density at radius 3 is 2.55 bits per heavy atom. The first-order chi connectivity index (χ1) is 9.81. The molecule has 1 aromatic heterocycles. The molecule has 3 heteroatoms. The lowest BCUT2D eigenvalue weighted by atomic mass is 10.1. The van der Waals surface area contributed by atoms with Crippen molar-refractivity contribution in [3.63, 3.8) is 0 Å². The molecule has 0 aliphatic rings. The number of esters is 1. The van der Waals surface area contributed by atoms with Gasteiger partial charge in [-0.25, -0.2) is 4.79 Å². The van der Waals surface area contributed by atoms with E-state index in [-0.39, 0.29) is 12.6 Å². The van der Waals surface area contributed by atoms with Crippen LogP contribution in [-0.2, 0) is 16.1 Å². The van der Waals surface area contributed by atoms with E-state index in [1.165, 1.54) is 0 Å². The zero-order valence-corrected chi connectivity index (χ0v) is 11.5. The van der Waals surface area contributed by atoms with Crippen LogP contribution in [0.5, 0.6) is 0 Å². The number of allylic oxidation sites excluding steroid dienone is 1. The number of hydrogen-bond acceptors (Lipinski definition) is 3. The first-order valence-corrected chi connectivity index (χ1v) is 6.64. The predicted molar refractivity (Wildman–Crippen MR) is 78.7 cm³/mol. The van der Waals surface area contributed by atoms with Gasteiger partial charge in [-0.15, -0.1) is 0 Å². The van der Waals surface area contributed by atoms with Crippen molar-refractivity contribution < 1.29 is 9.53 Å². The van der Waals surface area contributed by atoms with Gasteiger partial charge in [-0.05, 0) is 24.1 Å². The summed E-state index contributed by atoms with van der Waals surface area (Å²) in [5.41, 5.74) is 2.22. The number of carbonyl (C=O) groups is 1. The fourth-order valence-corrected chi connectivity index (χ4v) is 1.84. The van der Waals surface area contributed by atoms with Gasteiger partial charge in [0.05, 0.1) is 11.3 Å². The van der Waals surface area contributed by atoms with Gasteiger partial charge in [0.2, 0.25) is 0 Å². The normalized spacial score (nSPS) is 11.2. The van der Waals surface area contributed by atoms with Crippen LogP contribution in [0.4, 0.5) is 0 Å². The molecular weight excluding hydrogens is 250 g/mol. The highest BCUT2D eigenvalue weighted by Gasteiger charge is 2.13. The molecule has 0 unspecified atom stereocenters. The quantitative estimate of drug-likeness (QED) is 0.613. The molecule has 1 aromatic carbocycles. The fraction of sp³-hybridized carbons (Fsp3) is 0.176. The Bertz CT molecular complexity index is 576. The van der Waals surface area contributed by atoms with Gasteiger partial charge in [0, 0.05) is 6.20 Å². The van der Waals surface area contributed by atoms with E-state index in [0.717, 1.165) is 17.7 Å². The van der Waals surface area contributed by atoms with Crippen molar-refractivity contribution in [3.05, 3.63) is 72.1 Å². The molecular formula is C17H17NO2. The van der Waals surface area contributed by atoms with Crippen LogP contribution in [0.1, 0.15) is 24.6 Å². The summed E-state index contributed by atoms with van der Waals surface area (Å²) in [4.78, 5) is 16.3. The number of hydrogen-bond donors (Lipinski definition) is 0. The highest BCUT2D eigenvalue weighted by molar-refractivity contribution is 6.16. The van der Waals surface area contributed by atoms with Gasteiger partial charge in [0.1, 0.15) is 6.61 Å². The molecule has 0 saturated heterocycles. The highest BCUT2D eigenvalue weighted by atomic mass is 16.5. The molecule has 3 nitrogen and oxygen atoms in total. The molecule has 20 heavy (non-hydrogen) atoms. The molecule has 0 bridgehead atoms. The second-order valence-corrected chi connectivity index (χ2v) is 4.29. The molecule has 0 aliphatic heterocycles. The van der Waals surface area contributed by atoms with E-state index in [1.54, 1.807) is 6.20 Å². The van der Waals surface area contributed by atoms with Crippen molar-refractivity contribution in [2.24, 2.45) is 0 Å². The van der Waals surface area contributed by atoms with Crippen LogP contribution in [0.25, 0.3) is 5.57 Å². The summed E-state index contributed by atoms with van der Waals surface area (Å²) >= 11 is 0. The number of ether oxygens (including phenoxy) is 1. The van der Waals surface area contributed by atoms with Gasteiger partial charge in [0.15, 0.2) is 0 Å². The molecule has 0 aliphatic carbocycles. The highest BCUT2D eigenvalue weighted by Crippen LogP contribution is 2.17. The van der Waals surface area contributed by atoms with Crippen LogP contribution < -0.4 is 0 Å². The number of benzene rings is 1. The van der Waals surface area contributed by atoms with Gasteiger partial charge in [-0.2, -0.15) is 0 Å². The number of nitrogens with zero attached hydrogens (tertiary/aromatic N) is 1. The molecule has 0 spiro atoms. The molecule has 0 saturated carbocycles. The second kappa shape index (κ2) is 7.24. The number of rotatable bonds is 5. The van der Waals surface area contributed by atoms with Crippen LogP contribution in [0.2, 0.25) is 0 Å². The van der Waals surface area contributed by atoms with E-state index in [4.69, 9.17) is 4.74 Å². The lowest BCUT2D eigenvalue weighted by molar-refractivity contribution is -0.137. The third-order valence-corrected chi connectivity index (χ3v) is 2.79. The predicted octanol–water partition coefficient (Wildman–Crippen LogP) is 3.62. The Morgan fingerprint density at radius 2 is 1.90 bits per heavy atom. The number of aromatic nitrogens is 1. The van der Waals surface area contributed by atoms with Gasteiger partial charge in [-0.1, -0.05) is 49.4 Å². The van der Waals surface area contributed by atoms with Crippen molar-refractivity contribution in [2.45, 2.75) is 20.0 Å². The SMILES string of the molecule is CC/C=C(/C(=O)OCc1ccccn1)c1ccccc1. The van der Waals surface area contributed by atoms with Crippen LogP contribution >= 0.6 is 0 Å². The third kappa shape index (κ3) is 3.79. The summed E-state index contributed by atoms with van der Waals surface area (Å²) in [6, 6.07) is 15.1. The largest absolute Gasteiger partial charge is 0.456 e. The topological polar surface area (TPSA) is 39.2 Å². The number of carbonyl (C=O) groups excluding carboxylic acids is 1. The maximum absolute atomic E-state index is 12.2. The average Bonchev–Trinajstić information content (AvgIpc) is 2.52. The molecule has 1 heterocycles. The van der Waals surface area contributed by atoms with Gasteiger partial charge in [-0.3, -0.25) is 4.98 Å². The first kappa shape index (κ1) is 14.0. The third-order valence-electron chi connectivity index (χ3n) is 2.79. The zero-order valence-electron chi connectivity index (χ0n) is 11.5. The standard InChI is InChI=1S/C17H17NO2/c1-2-8-16(14-9-4-3-5-10-14)17(19)20-13-15-11-6-7-12-18-15/h3-12H,2,13H2,1H3/b16-8+. The first-order valence-electron chi connectivity index (χ1n) is 6.64. The van der Waals surface area contributed by atoms with E-state index >= 15 is 0 Å². The lowest BCUT2D eigenvalue weighted by Crippen LogP contribution is -2.08. The molecule has 102 valence electrons. The Balaban J connectivity index is 2.07. The molecule has 0 fully saturated rings. The minimum Gasteiger partial charge on any atom is -0.456 e. The van der Waals surface area contributed by atoms with Crippen LogP contribution in [-0.4, -0.2) is 11.0 Å². The molecule has 0 atom stereocenters. The Hall–Kier alpha value is -2.42. The summed E-state index contributed by atoms with van der Waals surface area (Å²) < 4.78 is 5.33. The molecule has 0 amide bonds. The van der Waals surface area contributed by atoms with Crippen molar-refractivity contribution in [1.29, 1.82) is 0 Å². The van der Waals surface area contributed by atoms with Gasteiger partial charge in [0.25, 0.3) is 0 Å². The van der Waals surface area contributed by atoms with Crippen LogP contribution in [0, 0.1) is 0 Å². The maximum atomic E-state index is 12.2. The molecule has 2 aromatic rings. The summed E-state index contributed by atoms with van der Waals surface area (Å²) in [5, 5.41) is 0. The second-order valence-electron chi connectivity index (χ2n) is 4.29. The Labute approximate surface area is 118 Å². The van der Waals surface area contributed by atoms with E-state index in [0.29, 0.717) is 5.57 Å². The lowest BCUT2D eigenvalue weighted by Gasteiger charge is -2.08. The molecule has 0 radical (unpaired) electrons. The van der Waals surface area contributed by atoms with E-state index in [9.17, 15) is 4.79 Å². The summed E-state index contributed by atoms with van der Waals surface area (Å²) in [6.45, 7) is 2.18. The Morgan fingerprint density at radius 1 is 1.15 bits per heavy atom. The average molecular weight is 267 g/mol. The van der Waals surface area contributed by atoms with Crippen molar-refractivity contribution >= 4 is 11.5 Å². The van der Waals surface area contributed by atoms with Gasteiger partial charge >= 0.3 is 5.97 Å². The molecule has 0 N–H and O–H groups in total. The minimum atomic E-state index is -0.316. The van der Waals surface area contributed by atoms with E-state index in [2.05, 4.69) is 4.98 Å². The smallest absolute Gasteiger partial charge is 0.338 e. The maximum Gasteiger partial charge on any atom is 0.338 e. The van der Waals surface area contributed by atoms with Crippen LogP contribution in [0.3, 0.4) is 0 Å². The molecule has 2 rings (SSSR count).